The standard InChI is InChI=1S/C16H17NO4S/c18-16(14-6-8-21-11-14)17(10-13-4-2-1-3-5-13)15-7-9-22(19,20)12-15/h1-6,8,11,15H,7,9-10,12H2/t15-/m0/s1. The first kappa shape index (κ1) is 14.8. The molecule has 3 rings (SSSR count). The number of carbonyl (C=O) groups is 1. The molecule has 1 aromatic heterocycles. The van der Waals surface area contributed by atoms with Crippen molar-refractivity contribution >= 4 is 15.7 Å². The molecule has 0 N–H and O–H groups in total. The SMILES string of the molecule is O=C(c1ccoc1)N(Cc1ccccc1)[C@H]1CCS(=O)(=O)C1. The van der Waals surface area contributed by atoms with E-state index in [4.69, 9.17) is 4.42 Å². The molecule has 1 atom stereocenters. The van der Waals surface area contributed by atoms with E-state index in [-0.39, 0.29) is 23.5 Å². The highest BCUT2D eigenvalue weighted by Gasteiger charge is 2.35. The number of rotatable bonds is 4. The lowest BCUT2D eigenvalue weighted by Gasteiger charge is -2.28. The smallest absolute Gasteiger partial charge is 0.257 e. The topological polar surface area (TPSA) is 67.6 Å². The summed E-state index contributed by atoms with van der Waals surface area (Å²) < 4.78 is 28.5. The van der Waals surface area contributed by atoms with Gasteiger partial charge in [-0.3, -0.25) is 4.79 Å². The van der Waals surface area contributed by atoms with Crippen LogP contribution in [-0.2, 0) is 16.4 Å². The third-order valence-corrected chi connectivity index (χ3v) is 5.62. The van der Waals surface area contributed by atoms with Crippen molar-refractivity contribution in [2.75, 3.05) is 11.5 Å². The van der Waals surface area contributed by atoms with Crippen molar-refractivity contribution in [3.63, 3.8) is 0 Å². The van der Waals surface area contributed by atoms with Crippen molar-refractivity contribution in [2.24, 2.45) is 0 Å². The molecule has 2 heterocycles. The van der Waals surface area contributed by atoms with Crippen LogP contribution in [0.15, 0.2) is 53.3 Å². The summed E-state index contributed by atoms with van der Waals surface area (Å²) in [5, 5.41) is 0. The molecular formula is C16H17NO4S. The molecular weight excluding hydrogens is 302 g/mol. The van der Waals surface area contributed by atoms with Crippen molar-refractivity contribution in [2.45, 2.75) is 19.0 Å². The highest BCUT2D eigenvalue weighted by Crippen LogP contribution is 2.22. The highest BCUT2D eigenvalue weighted by atomic mass is 32.2. The zero-order valence-electron chi connectivity index (χ0n) is 12.0. The Balaban J connectivity index is 1.87. The molecule has 0 bridgehead atoms. The molecule has 0 radical (unpaired) electrons. The predicted molar refractivity (Wildman–Crippen MR) is 82.1 cm³/mol. The summed E-state index contributed by atoms with van der Waals surface area (Å²) in [5.74, 6) is -0.0230. The summed E-state index contributed by atoms with van der Waals surface area (Å²) in [5.41, 5.74) is 1.42. The van der Waals surface area contributed by atoms with E-state index in [1.54, 1.807) is 11.0 Å². The molecule has 2 aromatic rings. The van der Waals surface area contributed by atoms with Crippen molar-refractivity contribution < 1.29 is 17.6 Å². The summed E-state index contributed by atoms with van der Waals surface area (Å²) in [6, 6.07) is 10.9. The van der Waals surface area contributed by atoms with Gasteiger partial charge in [-0.05, 0) is 18.1 Å². The Kier molecular flexibility index (Phi) is 4.02. The van der Waals surface area contributed by atoms with Crippen LogP contribution >= 0.6 is 0 Å². The van der Waals surface area contributed by atoms with Crippen LogP contribution in [0.4, 0.5) is 0 Å². The molecule has 0 saturated carbocycles. The van der Waals surface area contributed by atoms with Crippen molar-refractivity contribution in [1.29, 1.82) is 0 Å². The molecule has 1 saturated heterocycles. The Hall–Kier alpha value is -2.08. The van der Waals surface area contributed by atoms with E-state index in [0.717, 1.165) is 5.56 Å². The van der Waals surface area contributed by atoms with Gasteiger partial charge in [0.1, 0.15) is 6.26 Å². The minimum atomic E-state index is -3.05. The molecule has 1 aromatic carbocycles. The van der Waals surface area contributed by atoms with Gasteiger partial charge in [0.2, 0.25) is 0 Å². The molecule has 116 valence electrons. The zero-order valence-corrected chi connectivity index (χ0v) is 12.8. The summed E-state index contributed by atoms with van der Waals surface area (Å²) in [7, 11) is -3.05. The third kappa shape index (κ3) is 3.22. The normalized spacial score (nSPS) is 19.9. The Bertz CT molecular complexity index is 738. The maximum absolute atomic E-state index is 12.7. The van der Waals surface area contributed by atoms with Crippen LogP contribution < -0.4 is 0 Å². The van der Waals surface area contributed by atoms with E-state index in [1.165, 1.54) is 12.5 Å². The number of nitrogens with zero attached hydrogens (tertiary/aromatic N) is 1. The van der Waals surface area contributed by atoms with Gasteiger partial charge in [0.15, 0.2) is 9.84 Å². The first-order valence-corrected chi connectivity index (χ1v) is 8.95. The summed E-state index contributed by atoms with van der Waals surface area (Å²) in [4.78, 5) is 14.3. The largest absolute Gasteiger partial charge is 0.472 e. The van der Waals surface area contributed by atoms with Gasteiger partial charge in [0.05, 0.1) is 23.3 Å². The summed E-state index contributed by atoms with van der Waals surface area (Å²) in [6.07, 6.45) is 3.32. The predicted octanol–water partition coefficient (Wildman–Crippen LogP) is 2.11. The lowest BCUT2D eigenvalue weighted by Crippen LogP contribution is -2.40. The van der Waals surface area contributed by atoms with Gasteiger partial charge >= 0.3 is 0 Å². The van der Waals surface area contributed by atoms with E-state index in [1.807, 2.05) is 30.3 Å². The average Bonchev–Trinajstić information content (AvgIpc) is 3.14. The number of carbonyl (C=O) groups excluding carboxylic acids is 1. The quantitative estimate of drug-likeness (QED) is 0.865. The van der Waals surface area contributed by atoms with E-state index in [9.17, 15) is 13.2 Å². The Morgan fingerprint density at radius 2 is 2.00 bits per heavy atom. The maximum atomic E-state index is 12.7. The van der Waals surface area contributed by atoms with Crippen molar-refractivity contribution in [3.8, 4) is 0 Å². The number of amides is 1. The maximum Gasteiger partial charge on any atom is 0.257 e. The van der Waals surface area contributed by atoms with Crippen molar-refractivity contribution in [3.05, 3.63) is 60.1 Å². The second-order valence-electron chi connectivity index (χ2n) is 5.49. The van der Waals surface area contributed by atoms with Crippen LogP contribution in [0.5, 0.6) is 0 Å². The van der Waals surface area contributed by atoms with Gasteiger partial charge in [-0.2, -0.15) is 0 Å². The van der Waals surface area contributed by atoms with Gasteiger partial charge < -0.3 is 9.32 Å². The third-order valence-electron chi connectivity index (χ3n) is 3.87. The number of furan rings is 1. The Morgan fingerprint density at radius 1 is 1.23 bits per heavy atom. The summed E-state index contributed by atoms with van der Waals surface area (Å²) >= 11 is 0. The molecule has 1 aliphatic heterocycles. The van der Waals surface area contributed by atoms with Gasteiger partial charge in [0, 0.05) is 12.6 Å². The van der Waals surface area contributed by atoms with Crippen LogP contribution in [-0.4, -0.2) is 36.8 Å². The fourth-order valence-electron chi connectivity index (χ4n) is 2.72. The Morgan fingerprint density at radius 3 is 2.59 bits per heavy atom. The summed E-state index contributed by atoms with van der Waals surface area (Å²) in [6.45, 7) is 0.394. The second-order valence-corrected chi connectivity index (χ2v) is 7.72. The molecule has 22 heavy (non-hydrogen) atoms. The molecule has 0 spiro atoms. The minimum absolute atomic E-state index is 0.0312. The lowest BCUT2D eigenvalue weighted by atomic mass is 10.1. The fourth-order valence-corrected chi connectivity index (χ4v) is 4.45. The van der Waals surface area contributed by atoms with Crippen LogP contribution in [0, 0.1) is 0 Å². The van der Waals surface area contributed by atoms with E-state index in [2.05, 4.69) is 0 Å². The number of hydrogen-bond acceptors (Lipinski definition) is 4. The first-order valence-electron chi connectivity index (χ1n) is 7.13. The van der Waals surface area contributed by atoms with Crippen LogP contribution in [0.2, 0.25) is 0 Å². The fraction of sp³-hybridized carbons (Fsp3) is 0.312. The van der Waals surface area contributed by atoms with Crippen LogP contribution in [0.3, 0.4) is 0 Å². The molecule has 1 amide bonds. The average molecular weight is 319 g/mol. The van der Waals surface area contributed by atoms with Gasteiger partial charge in [0.25, 0.3) is 5.91 Å². The first-order chi connectivity index (χ1) is 10.6. The lowest BCUT2D eigenvalue weighted by molar-refractivity contribution is 0.0680. The zero-order chi connectivity index (χ0) is 15.6. The number of sulfone groups is 1. The molecule has 1 aliphatic rings. The van der Waals surface area contributed by atoms with Gasteiger partial charge in [-0.25, -0.2) is 8.42 Å². The molecule has 0 aliphatic carbocycles. The van der Waals surface area contributed by atoms with E-state index >= 15 is 0 Å². The van der Waals surface area contributed by atoms with Gasteiger partial charge in [-0.15, -0.1) is 0 Å². The van der Waals surface area contributed by atoms with Crippen LogP contribution in [0.25, 0.3) is 0 Å². The van der Waals surface area contributed by atoms with Crippen molar-refractivity contribution in [1.82, 2.24) is 4.90 Å². The monoisotopic (exact) mass is 319 g/mol. The number of benzene rings is 1. The molecule has 1 fully saturated rings. The molecule has 0 unspecified atom stereocenters. The second kappa shape index (κ2) is 5.96. The highest BCUT2D eigenvalue weighted by molar-refractivity contribution is 7.91. The van der Waals surface area contributed by atoms with Crippen LogP contribution in [0.1, 0.15) is 22.3 Å². The van der Waals surface area contributed by atoms with Gasteiger partial charge in [-0.1, -0.05) is 30.3 Å². The molecule has 5 nitrogen and oxygen atoms in total. The number of hydrogen-bond donors (Lipinski definition) is 0. The van der Waals surface area contributed by atoms with E-state index in [0.29, 0.717) is 18.5 Å². The minimum Gasteiger partial charge on any atom is -0.472 e. The Labute approximate surface area is 129 Å². The molecule has 6 heteroatoms. The van der Waals surface area contributed by atoms with E-state index < -0.39 is 9.84 Å².